The lowest BCUT2D eigenvalue weighted by molar-refractivity contribution is 0.0177. The first-order valence-corrected chi connectivity index (χ1v) is 11.7. The number of nitrogens with one attached hydrogen (secondary N) is 1. The van der Waals surface area contributed by atoms with Crippen LogP contribution in [0.1, 0.15) is 40.0 Å². The van der Waals surface area contributed by atoms with Crippen LogP contribution in [0.2, 0.25) is 5.02 Å². The summed E-state index contributed by atoms with van der Waals surface area (Å²) in [5.74, 6) is 1.16. The van der Waals surface area contributed by atoms with E-state index in [1.807, 2.05) is 51.4 Å². The highest BCUT2D eigenvalue weighted by Crippen LogP contribution is 2.24. The van der Waals surface area contributed by atoms with Crippen molar-refractivity contribution >= 4 is 23.2 Å². The number of rotatable bonds is 5. The van der Waals surface area contributed by atoms with Gasteiger partial charge in [-0.3, -0.25) is 4.79 Å². The quantitative estimate of drug-likeness (QED) is 0.543. The normalized spacial score (nSPS) is 15.1. The Hall–Kier alpha value is -2.93. The number of halogens is 1. The molecule has 7 nitrogen and oxygen atoms in total. The van der Waals surface area contributed by atoms with Crippen LogP contribution >= 0.6 is 11.6 Å². The molecule has 0 spiro atoms. The van der Waals surface area contributed by atoms with Crippen LogP contribution in [-0.2, 0) is 4.74 Å². The van der Waals surface area contributed by atoms with Crippen LogP contribution in [0, 0.1) is 5.92 Å². The zero-order valence-electron chi connectivity index (χ0n) is 19.3. The first-order chi connectivity index (χ1) is 15.7. The fourth-order valence-corrected chi connectivity index (χ4v) is 4.25. The molecule has 0 atom stereocenters. The van der Waals surface area contributed by atoms with Crippen molar-refractivity contribution in [2.45, 2.75) is 45.6 Å². The number of H-pyrrole nitrogens is 1. The molecule has 3 aromatic rings. The Labute approximate surface area is 198 Å². The first kappa shape index (κ1) is 23.2. The summed E-state index contributed by atoms with van der Waals surface area (Å²) >= 11 is 6.08. The predicted octanol–water partition coefficient (Wildman–Crippen LogP) is 5.36. The number of benzene rings is 1. The van der Waals surface area contributed by atoms with E-state index in [1.54, 1.807) is 21.4 Å². The van der Waals surface area contributed by atoms with E-state index in [2.05, 4.69) is 4.98 Å². The minimum absolute atomic E-state index is 0.183. The molecular formula is C25H30ClN3O4. The van der Waals surface area contributed by atoms with E-state index in [9.17, 15) is 9.59 Å². The zero-order valence-corrected chi connectivity index (χ0v) is 20.0. The number of carbonyl (C=O) groups excluding carboxylic acids is 1. The van der Waals surface area contributed by atoms with E-state index in [0.717, 1.165) is 24.8 Å². The van der Waals surface area contributed by atoms with Crippen LogP contribution in [-0.4, -0.2) is 45.7 Å². The van der Waals surface area contributed by atoms with Crippen molar-refractivity contribution < 1.29 is 14.3 Å². The second-order valence-corrected chi connectivity index (χ2v) is 9.96. The summed E-state index contributed by atoms with van der Waals surface area (Å²) in [7, 11) is 0. The number of nitrogens with zero attached hydrogens (tertiary/aromatic N) is 2. The van der Waals surface area contributed by atoms with E-state index < -0.39 is 5.60 Å². The van der Waals surface area contributed by atoms with Gasteiger partial charge >= 0.3 is 6.09 Å². The molecule has 1 saturated heterocycles. The van der Waals surface area contributed by atoms with Crippen LogP contribution < -0.4 is 10.3 Å². The number of aromatic nitrogens is 2. The Kier molecular flexibility index (Phi) is 6.70. The van der Waals surface area contributed by atoms with Gasteiger partial charge in [-0.2, -0.15) is 0 Å². The fraction of sp³-hybridized carbons (Fsp3) is 0.440. The molecule has 0 saturated carbocycles. The molecular weight excluding hydrogens is 442 g/mol. The SMILES string of the molecule is CC(C)(C)OC(=O)N1CCC(CCOc2cc3c(=O)[nH]c(-c4cccc(Cl)c4)cn3c2)CC1. The van der Waals surface area contributed by atoms with Crippen molar-refractivity contribution in [3.8, 4) is 17.0 Å². The van der Waals surface area contributed by atoms with Crippen LogP contribution in [0.15, 0.2) is 47.5 Å². The van der Waals surface area contributed by atoms with E-state index in [4.69, 9.17) is 21.1 Å². The summed E-state index contributed by atoms with van der Waals surface area (Å²) in [4.78, 5) is 29.5. The number of hydrogen-bond acceptors (Lipinski definition) is 4. The predicted molar refractivity (Wildman–Crippen MR) is 129 cm³/mol. The monoisotopic (exact) mass is 471 g/mol. The standard InChI is InChI=1S/C25H30ClN3O4/c1-25(2,3)33-24(31)28-10-7-17(8-11-28)9-12-32-20-14-22-23(30)27-21(16-29(22)15-20)18-5-4-6-19(26)13-18/h4-6,13-17H,7-12H2,1-3H3,(H,27,30). The van der Waals surface area contributed by atoms with Gasteiger partial charge in [0, 0.05) is 35.9 Å². The van der Waals surface area contributed by atoms with Crippen molar-refractivity contribution in [3.05, 3.63) is 58.1 Å². The second-order valence-electron chi connectivity index (χ2n) is 9.52. The van der Waals surface area contributed by atoms with Gasteiger partial charge in [0.05, 0.1) is 18.5 Å². The van der Waals surface area contributed by atoms with Crippen LogP contribution in [0.4, 0.5) is 4.79 Å². The van der Waals surface area contributed by atoms with Gasteiger partial charge in [0.1, 0.15) is 16.9 Å². The van der Waals surface area contributed by atoms with Crippen molar-refractivity contribution in [3.63, 3.8) is 0 Å². The third-order valence-electron chi connectivity index (χ3n) is 5.77. The topological polar surface area (TPSA) is 76.0 Å². The molecule has 0 bridgehead atoms. The Balaban J connectivity index is 1.32. The fourth-order valence-electron chi connectivity index (χ4n) is 4.06. The maximum absolute atomic E-state index is 12.6. The number of fused-ring (bicyclic) bond motifs is 1. The van der Waals surface area contributed by atoms with Gasteiger partial charge in [-0.25, -0.2) is 4.79 Å². The van der Waals surface area contributed by atoms with Gasteiger partial charge in [-0.05, 0) is 58.1 Å². The summed E-state index contributed by atoms with van der Waals surface area (Å²) in [6.45, 7) is 7.62. The molecule has 8 heteroatoms. The minimum Gasteiger partial charge on any atom is -0.492 e. The highest BCUT2D eigenvalue weighted by molar-refractivity contribution is 6.30. The third kappa shape index (κ3) is 5.90. The van der Waals surface area contributed by atoms with E-state index in [1.165, 1.54) is 0 Å². The third-order valence-corrected chi connectivity index (χ3v) is 6.00. The van der Waals surface area contributed by atoms with E-state index >= 15 is 0 Å². The molecule has 3 heterocycles. The number of piperidine rings is 1. The lowest BCUT2D eigenvalue weighted by atomic mass is 9.94. The molecule has 0 unspecified atom stereocenters. The Morgan fingerprint density at radius 2 is 1.94 bits per heavy atom. The number of ether oxygens (including phenoxy) is 2. The van der Waals surface area contributed by atoms with Gasteiger partial charge < -0.3 is 23.8 Å². The zero-order chi connectivity index (χ0) is 23.6. The number of hydrogen-bond donors (Lipinski definition) is 1. The largest absolute Gasteiger partial charge is 0.492 e. The van der Waals surface area contributed by atoms with Gasteiger partial charge in [-0.15, -0.1) is 0 Å². The van der Waals surface area contributed by atoms with Crippen molar-refractivity contribution in [1.82, 2.24) is 14.3 Å². The van der Waals surface area contributed by atoms with Crippen LogP contribution in [0.5, 0.6) is 5.75 Å². The number of amides is 1. The summed E-state index contributed by atoms with van der Waals surface area (Å²) in [5.41, 5.74) is 1.40. The van der Waals surface area contributed by atoms with Gasteiger partial charge in [0.15, 0.2) is 0 Å². The van der Waals surface area contributed by atoms with Gasteiger partial charge in [-0.1, -0.05) is 23.7 Å². The molecule has 1 aliphatic rings. The molecule has 1 amide bonds. The molecule has 4 rings (SSSR count). The minimum atomic E-state index is -0.473. The average Bonchev–Trinajstić information content (AvgIpc) is 3.16. The second kappa shape index (κ2) is 9.51. The molecule has 33 heavy (non-hydrogen) atoms. The first-order valence-electron chi connectivity index (χ1n) is 11.3. The van der Waals surface area contributed by atoms with E-state index in [-0.39, 0.29) is 11.7 Å². The Morgan fingerprint density at radius 3 is 2.64 bits per heavy atom. The summed E-state index contributed by atoms with van der Waals surface area (Å²) in [6, 6.07) is 9.12. The summed E-state index contributed by atoms with van der Waals surface area (Å²) < 4.78 is 13.2. The molecule has 1 aliphatic heterocycles. The van der Waals surface area contributed by atoms with Crippen molar-refractivity contribution in [1.29, 1.82) is 0 Å². The molecule has 0 radical (unpaired) electrons. The lowest BCUT2D eigenvalue weighted by Crippen LogP contribution is -2.41. The van der Waals surface area contributed by atoms with Crippen molar-refractivity contribution in [2.24, 2.45) is 5.92 Å². The van der Waals surface area contributed by atoms with Gasteiger partial charge in [0.2, 0.25) is 0 Å². The van der Waals surface area contributed by atoms with Crippen molar-refractivity contribution in [2.75, 3.05) is 19.7 Å². The highest BCUT2D eigenvalue weighted by Gasteiger charge is 2.26. The molecule has 2 aromatic heterocycles. The molecule has 176 valence electrons. The Bertz CT molecular complexity index is 1190. The summed E-state index contributed by atoms with van der Waals surface area (Å²) in [5, 5.41) is 0.613. The molecule has 0 aliphatic carbocycles. The number of carbonyl (C=O) groups is 1. The van der Waals surface area contributed by atoms with Gasteiger partial charge in [0.25, 0.3) is 5.56 Å². The maximum Gasteiger partial charge on any atom is 0.410 e. The molecule has 1 N–H and O–H groups in total. The molecule has 1 aromatic carbocycles. The smallest absolute Gasteiger partial charge is 0.410 e. The summed E-state index contributed by atoms with van der Waals surface area (Å²) in [6.07, 6.45) is 6.22. The van der Waals surface area contributed by atoms with Crippen LogP contribution in [0.3, 0.4) is 0 Å². The number of aromatic amines is 1. The molecule has 1 fully saturated rings. The maximum atomic E-state index is 12.6. The Morgan fingerprint density at radius 1 is 1.18 bits per heavy atom. The average molecular weight is 472 g/mol. The van der Waals surface area contributed by atoms with E-state index in [0.29, 0.717) is 47.6 Å². The highest BCUT2D eigenvalue weighted by atomic mass is 35.5. The lowest BCUT2D eigenvalue weighted by Gasteiger charge is -2.33. The van der Waals surface area contributed by atoms with Crippen LogP contribution in [0.25, 0.3) is 16.8 Å². The number of likely N-dealkylation sites (tertiary alicyclic amines) is 1.